The summed E-state index contributed by atoms with van der Waals surface area (Å²) in [5, 5.41) is 19.0. The predicted molar refractivity (Wildman–Crippen MR) is 88.1 cm³/mol. The Labute approximate surface area is 144 Å². The molecule has 0 amide bonds. The van der Waals surface area contributed by atoms with Gasteiger partial charge in [-0.2, -0.15) is 0 Å². The number of carbonyl (C=O) groups excluding carboxylic acids is 2. The fourth-order valence-corrected chi connectivity index (χ4v) is 2.14. The van der Waals surface area contributed by atoms with E-state index in [0.29, 0.717) is 12.2 Å². The van der Waals surface area contributed by atoms with Crippen LogP contribution in [-0.4, -0.2) is 36.4 Å². The monoisotopic (exact) mass is 346 g/mol. The summed E-state index contributed by atoms with van der Waals surface area (Å²) in [7, 11) is 2.78. The number of hydrogen-bond acceptors (Lipinski definition) is 7. The molecule has 132 valence electrons. The van der Waals surface area contributed by atoms with Crippen molar-refractivity contribution in [2.75, 3.05) is 14.2 Å². The van der Waals surface area contributed by atoms with Gasteiger partial charge in [-0.25, -0.2) is 4.79 Å². The molecule has 2 aromatic carbocycles. The lowest BCUT2D eigenvalue weighted by atomic mass is 10.1. The molecule has 0 saturated carbocycles. The van der Waals surface area contributed by atoms with Crippen LogP contribution in [0.4, 0.5) is 0 Å². The standard InChI is InChI=1S/C18H18O7/c1-23-15-9-11(3-6-13(15)19)4-8-17(21)25-18(22)12-5-7-14(20)16(10-12)24-2/h3,5-7,9-10,19-20H,4,8H2,1-2H3. The van der Waals surface area contributed by atoms with Gasteiger partial charge in [-0.1, -0.05) is 6.07 Å². The van der Waals surface area contributed by atoms with Gasteiger partial charge in [0.2, 0.25) is 0 Å². The molecule has 0 unspecified atom stereocenters. The minimum absolute atomic E-state index is 0.00489. The van der Waals surface area contributed by atoms with Gasteiger partial charge >= 0.3 is 11.9 Å². The van der Waals surface area contributed by atoms with E-state index in [9.17, 15) is 19.8 Å². The number of aromatic hydroxyl groups is 2. The molecular formula is C18H18O7. The number of ether oxygens (including phenoxy) is 3. The van der Waals surface area contributed by atoms with E-state index in [1.807, 2.05) is 0 Å². The number of benzene rings is 2. The third-order valence-electron chi connectivity index (χ3n) is 3.48. The average Bonchev–Trinajstić information content (AvgIpc) is 2.61. The van der Waals surface area contributed by atoms with E-state index in [4.69, 9.17) is 14.2 Å². The van der Waals surface area contributed by atoms with Crippen molar-refractivity contribution in [2.45, 2.75) is 12.8 Å². The zero-order valence-electron chi connectivity index (χ0n) is 13.8. The van der Waals surface area contributed by atoms with Gasteiger partial charge in [-0.3, -0.25) is 4.79 Å². The maximum absolute atomic E-state index is 12.0. The molecule has 7 nitrogen and oxygen atoms in total. The summed E-state index contributed by atoms with van der Waals surface area (Å²) in [6, 6.07) is 8.62. The largest absolute Gasteiger partial charge is 0.504 e. The summed E-state index contributed by atoms with van der Waals surface area (Å²) in [6.45, 7) is 0. The molecule has 7 heteroatoms. The minimum atomic E-state index is -0.827. The predicted octanol–water partition coefficient (Wildman–Crippen LogP) is 2.43. The Bertz CT molecular complexity index is 783. The van der Waals surface area contributed by atoms with Crippen molar-refractivity contribution in [2.24, 2.45) is 0 Å². The molecule has 0 saturated heterocycles. The van der Waals surface area contributed by atoms with Crippen LogP contribution in [0, 0.1) is 0 Å². The molecule has 0 fully saturated rings. The zero-order chi connectivity index (χ0) is 18.4. The lowest BCUT2D eigenvalue weighted by molar-refractivity contribution is -0.137. The summed E-state index contributed by atoms with van der Waals surface area (Å²) in [4.78, 5) is 23.8. The molecule has 0 atom stereocenters. The van der Waals surface area contributed by atoms with Gasteiger partial charge < -0.3 is 24.4 Å². The molecule has 25 heavy (non-hydrogen) atoms. The Morgan fingerprint density at radius 2 is 1.52 bits per heavy atom. The smallest absolute Gasteiger partial charge is 0.345 e. The average molecular weight is 346 g/mol. The number of aryl methyl sites for hydroxylation is 1. The molecule has 0 aliphatic carbocycles. The summed E-state index contributed by atoms with van der Waals surface area (Å²) in [6.07, 6.45) is 0.302. The maximum atomic E-state index is 12.0. The fourth-order valence-electron chi connectivity index (χ4n) is 2.14. The highest BCUT2D eigenvalue weighted by atomic mass is 16.6. The van der Waals surface area contributed by atoms with Crippen LogP contribution in [0.25, 0.3) is 0 Å². The molecule has 0 radical (unpaired) electrons. The molecule has 0 aliphatic rings. The summed E-state index contributed by atoms with van der Waals surface area (Å²) in [5.41, 5.74) is 0.847. The summed E-state index contributed by atoms with van der Waals surface area (Å²) in [5.74, 6) is -1.22. The molecule has 0 heterocycles. The van der Waals surface area contributed by atoms with Crippen molar-refractivity contribution in [1.29, 1.82) is 0 Å². The normalized spacial score (nSPS) is 10.2. The number of esters is 2. The molecule has 2 N–H and O–H groups in total. The van der Waals surface area contributed by atoms with Crippen molar-refractivity contribution in [1.82, 2.24) is 0 Å². The molecule has 0 aliphatic heterocycles. The first-order valence-electron chi connectivity index (χ1n) is 7.42. The number of methoxy groups -OCH3 is 2. The summed E-state index contributed by atoms with van der Waals surface area (Å²) < 4.78 is 14.7. The number of rotatable bonds is 6. The van der Waals surface area contributed by atoms with Crippen LogP contribution >= 0.6 is 0 Å². The van der Waals surface area contributed by atoms with E-state index < -0.39 is 11.9 Å². The molecule has 0 bridgehead atoms. The lowest BCUT2D eigenvalue weighted by Crippen LogP contribution is -2.13. The van der Waals surface area contributed by atoms with Crippen molar-refractivity contribution in [3.63, 3.8) is 0 Å². The Kier molecular flexibility index (Phi) is 5.84. The van der Waals surface area contributed by atoms with E-state index in [2.05, 4.69) is 0 Å². The van der Waals surface area contributed by atoms with E-state index in [-0.39, 0.29) is 29.2 Å². The van der Waals surface area contributed by atoms with E-state index in [1.54, 1.807) is 12.1 Å². The van der Waals surface area contributed by atoms with Gasteiger partial charge in [0.05, 0.1) is 26.2 Å². The molecule has 0 spiro atoms. The second-order valence-electron chi connectivity index (χ2n) is 5.15. The van der Waals surface area contributed by atoms with Gasteiger partial charge in [0.1, 0.15) is 0 Å². The van der Waals surface area contributed by atoms with Crippen molar-refractivity contribution >= 4 is 11.9 Å². The Hall–Kier alpha value is -3.22. The van der Waals surface area contributed by atoms with Crippen LogP contribution in [0.15, 0.2) is 36.4 Å². The molecule has 2 rings (SSSR count). The second kappa shape index (κ2) is 8.05. The van der Waals surface area contributed by atoms with E-state index in [0.717, 1.165) is 5.56 Å². The highest BCUT2D eigenvalue weighted by molar-refractivity contribution is 5.97. The van der Waals surface area contributed by atoms with Gasteiger partial charge in [0, 0.05) is 0 Å². The third kappa shape index (κ3) is 4.63. The second-order valence-corrected chi connectivity index (χ2v) is 5.15. The topological polar surface area (TPSA) is 102 Å². The van der Waals surface area contributed by atoms with Crippen molar-refractivity contribution in [3.05, 3.63) is 47.5 Å². The van der Waals surface area contributed by atoms with E-state index in [1.165, 1.54) is 38.5 Å². The lowest BCUT2D eigenvalue weighted by Gasteiger charge is -2.08. The van der Waals surface area contributed by atoms with Crippen LogP contribution < -0.4 is 9.47 Å². The van der Waals surface area contributed by atoms with Crippen molar-refractivity contribution < 1.29 is 34.0 Å². The fraction of sp³-hybridized carbons (Fsp3) is 0.222. The Morgan fingerprint density at radius 3 is 2.16 bits per heavy atom. The first kappa shape index (κ1) is 18.1. The van der Waals surface area contributed by atoms with Gasteiger partial charge in [-0.05, 0) is 42.3 Å². The molecular weight excluding hydrogens is 328 g/mol. The number of phenols is 2. The number of phenolic OH excluding ortho intramolecular Hbond substituents is 2. The van der Waals surface area contributed by atoms with Crippen LogP contribution in [0.3, 0.4) is 0 Å². The molecule has 0 aromatic heterocycles. The number of hydrogen-bond donors (Lipinski definition) is 2. The maximum Gasteiger partial charge on any atom is 0.345 e. The van der Waals surface area contributed by atoms with Crippen molar-refractivity contribution in [3.8, 4) is 23.0 Å². The zero-order valence-corrected chi connectivity index (χ0v) is 13.8. The first-order valence-corrected chi connectivity index (χ1v) is 7.42. The van der Waals surface area contributed by atoms with Crippen LogP contribution in [0.5, 0.6) is 23.0 Å². The first-order chi connectivity index (χ1) is 11.9. The Morgan fingerprint density at radius 1 is 0.920 bits per heavy atom. The minimum Gasteiger partial charge on any atom is -0.504 e. The summed E-state index contributed by atoms with van der Waals surface area (Å²) >= 11 is 0. The van der Waals surface area contributed by atoms with Crippen LogP contribution in [0.2, 0.25) is 0 Å². The highest BCUT2D eigenvalue weighted by Gasteiger charge is 2.15. The third-order valence-corrected chi connectivity index (χ3v) is 3.48. The Balaban J connectivity index is 1.95. The van der Waals surface area contributed by atoms with Gasteiger partial charge in [0.25, 0.3) is 0 Å². The van der Waals surface area contributed by atoms with Gasteiger partial charge in [-0.15, -0.1) is 0 Å². The SMILES string of the molecule is COc1cc(CCC(=O)OC(=O)c2ccc(O)c(OC)c2)ccc1O. The quantitative estimate of drug-likeness (QED) is 0.612. The highest BCUT2D eigenvalue weighted by Crippen LogP contribution is 2.27. The number of carbonyl (C=O) groups is 2. The van der Waals surface area contributed by atoms with E-state index >= 15 is 0 Å². The van der Waals surface area contributed by atoms with Crippen LogP contribution in [-0.2, 0) is 16.0 Å². The molecule has 2 aromatic rings. The van der Waals surface area contributed by atoms with Gasteiger partial charge in [0.15, 0.2) is 23.0 Å². The van der Waals surface area contributed by atoms with Crippen LogP contribution in [0.1, 0.15) is 22.3 Å².